The Morgan fingerprint density at radius 3 is 2.30 bits per heavy atom. The van der Waals surface area contributed by atoms with E-state index in [1.165, 1.54) is 14.2 Å². The molecule has 27 heavy (non-hydrogen) atoms. The van der Waals surface area contributed by atoms with Crippen LogP contribution in [0.1, 0.15) is 11.1 Å². The average molecular weight is 406 g/mol. The summed E-state index contributed by atoms with van der Waals surface area (Å²) in [6.07, 6.45) is 0.433. The predicted octanol–water partition coefficient (Wildman–Crippen LogP) is 4.77. The number of halogens is 2. The van der Waals surface area contributed by atoms with Gasteiger partial charge in [-0.25, -0.2) is 0 Å². The summed E-state index contributed by atoms with van der Waals surface area (Å²) >= 11 is 12.5. The van der Waals surface area contributed by atoms with Gasteiger partial charge in [0.15, 0.2) is 0 Å². The lowest BCUT2D eigenvalue weighted by molar-refractivity contribution is 0.347. The molecule has 0 unspecified atom stereocenters. The van der Waals surface area contributed by atoms with Crippen LogP contribution in [-0.4, -0.2) is 24.2 Å². The highest BCUT2D eigenvalue weighted by Crippen LogP contribution is 2.34. The fourth-order valence-corrected chi connectivity index (χ4v) is 2.88. The van der Waals surface area contributed by atoms with Gasteiger partial charge in [-0.3, -0.25) is 0 Å². The third kappa shape index (κ3) is 4.35. The molecule has 3 rings (SSSR count). The van der Waals surface area contributed by atoms with Crippen molar-refractivity contribution in [1.82, 2.24) is 9.97 Å². The maximum atomic E-state index is 6.33. The summed E-state index contributed by atoms with van der Waals surface area (Å²) in [5.41, 5.74) is 8.20. The van der Waals surface area contributed by atoms with E-state index in [4.69, 9.17) is 43.1 Å². The van der Waals surface area contributed by atoms with Gasteiger partial charge in [0, 0.05) is 12.1 Å². The first kappa shape index (κ1) is 19.1. The van der Waals surface area contributed by atoms with Gasteiger partial charge in [-0.15, -0.1) is 0 Å². The summed E-state index contributed by atoms with van der Waals surface area (Å²) in [7, 11) is 3.01. The molecule has 6 nitrogen and oxygen atoms in total. The van der Waals surface area contributed by atoms with Crippen molar-refractivity contribution < 1.29 is 14.2 Å². The molecular formula is C19H17Cl2N3O3. The predicted molar refractivity (Wildman–Crippen MR) is 105 cm³/mol. The van der Waals surface area contributed by atoms with Gasteiger partial charge in [-0.1, -0.05) is 41.4 Å². The van der Waals surface area contributed by atoms with Gasteiger partial charge in [0.25, 0.3) is 0 Å². The fourth-order valence-electron chi connectivity index (χ4n) is 2.46. The Bertz CT molecular complexity index is 945. The van der Waals surface area contributed by atoms with E-state index in [9.17, 15) is 0 Å². The Hall–Kier alpha value is -2.70. The molecule has 0 saturated heterocycles. The average Bonchev–Trinajstić information content (AvgIpc) is 2.69. The van der Waals surface area contributed by atoms with E-state index < -0.39 is 0 Å². The molecule has 3 aromatic rings. The number of methoxy groups -OCH3 is 2. The fraction of sp³-hybridized carbons (Fsp3) is 0.158. The molecule has 0 saturated carbocycles. The number of anilines is 1. The third-order valence-electron chi connectivity index (χ3n) is 3.85. The Balaban J connectivity index is 1.95. The van der Waals surface area contributed by atoms with Crippen LogP contribution >= 0.6 is 23.2 Å². The van der Waals surface area contributed by atoms with Crippen LogP contribution in [0.3, 0.4) is 0 Å². The van der Waals surface area contributed by atoms with E-state index in [1.54, 1.807) is 24.3 Å². The van der Waals surface area contributed by atoms with Gasteiger partial charge in [0.2, 0.25) is 11.8 Å². The normalized spacial score (nSPS) is 10.5. The first-order chi connectivity index (χ1) is 13.0. The van der Waals surface area contributed by atoms with Gasteiger partial charge < -0.3 is 19.9 Å². The molecule has 8 heteroatoms. The molecule has 0 fully saturated rings. The molecule has 0 atom stereocenters. The number of aromatic nitrogens is 2. The minimum Gasteiger partial charge on any atom is -0.481 e. The summed E-state index contributed by atoms with van der Waals surface area (Å²) in [5, 5.41) is 0.867. The molecule has 0 spiro atoms. The number of rotatable bonds is 6. The maximum Gasteiger partial charge on any atom is 0.328 e. The number of hydrogen-bond donors (Lipinski definition) is 1. The highest BCUT2D eigenvalue weighted by molar-refractivity contribution is 6.42. The monoisotopic (exact) mass is 405 g/mol. The van der Waals surface area contributed by atoms with Gasteiger partial charge in [0.1, 0.15) is 5.75 Å². The molecule has 0 aliphatic heterocycles. The van der Waals surface area contributed by atoms with E-state index in [2.05, 4.69) is 9.97 Å². The van der Waals surface area contributed by atoms with Crippen molar-refractivity contribution in [2.45, 2.75) is 6.42 Å². The second-order valence-corrected chi connectivity index (χ2v) is 6.34. The van der Waals surface area contributed by atoms with Crippen LogP contribution in [-0.2, 0) is 6.42 Å². The molecule has 140 valence electrons. The SMILES string of the molecule is COc1cc(OC)nc(Oc2ccccc2Cc2c(N)ccc(Cl)c2Cl)n1. The van der Waals surface area contributed by atoms with Crippen molar-refractivity contribution in [3.8, 4) is 23.5 Å². The first-order valence-electron chi connectivity index (χ1n) is 7.97. The Kier molecular flexibility index (Phi) is 5.88. The number of hydrogen-bond acceptors (Lipinski definition) is 6. The largest absolute Gasteiger partial charge is 0.481 e. The lowest BCUT2D eigenvalue weighted by Gasteiger charge is -2.13. The zero-order valence-electron chi connectivity index (χ0n) is 14.7. The smallest absolute Gasteiger partial charge is 0.328 e. The van der Waals surface area contributed by atoms with Gasteiger partial charge >= 0.3 is 6.01 Å². The van der Waals surface area contributed by atoms with Crippen molar-refractivity contribution in [2.75, 3.05) is 20.0 Å². The minimum atomic E-state index is 0.101. The summed E-state index contributed by atoms with van der Waals surface area (Å²) in [6, 6.07) is 12.5. The number of nitrogens with zero attached hydrogens (tertiary/aromatic N) is 2. The molecule has 0 aliphatic rings. The van der Waals surface area contributed by atoms with Gasteiger partial charge in [-0.05, 0) is 29.3 Å². The zero-order chi connectivity index (χ0) is 19.4. The highest BCUT2D eigenvalue weighted by atomic mass is 35.5. The molecule has 0 bridgehead atoms. The minimum absolute atomic E-state index is 0.101. The number of nitrogen functional groups attached to an aromatic ring is 1. The van der Waals surface area contributed by atoms with E-state index in [1.807, 2.05) is 18.2 Å². The van der Waals surface area contributed by atoms with E-state index in [-0.39, 0.29) is 6.01 Å². The van der Waals surface area contributed by atoms with E-state index in [0.717, 1.165) is 11.1 Å². The van der Waals surface area contributed by atoms with Crippen molar-refractivity contribution in [2.24, 2.45) is 0 Å². The summed E-state index contributed by atoms with van der Waals surface area (Å²) in [4.78, 5) is 8.37. The van der Waals surface area contributed by atoms with Crippen LogP contribution in [0.15, 0.2) is 42.5 Å². The van der Waals surface area contributed by atoms with Crippen LogP contribution in [0.4, 0.5) is 5.69 Å². The van der Waals surface area contributed by atoms with Crippen LogP contribution in [0.25, 0.3) is 0 Å². The molecule has 0 radical (unpaired) electrons. The van der Waals surface area contributed by atoms with Gasteiger partial charge in [-0.2, -0.15) is 9.97 Å². The van der Waals surface area contributed by atoms with Crippen molar-refractivity contribution >= 4 is 28.9 Å². The Labute approximate surface area is 166 Å². The molecule has 1 heterocycles. The summed E-state index contributed by atoms with van der Waals surface area (Å²) in [5.74, 6) is 1.22. The van der Waals surface area contributed by atoms with Gasteiger partial charge in [0.05, 0.1) is 30.3 Å². The number of ether oxygens (including phenoxy) is 3. The first-order valence-corrected chi connectivity index (χ1v) is 8.72. The summed E-state index contributed by atoms with van der Waals surface area (Å²) in [6.45, 7) is 0. The third-order valence-corrected chi connectivity index (χ3v) is 4.69. The van der Waals surface area contributed by atoms with Crippen LogP contribution < -0.4 is 19.9 Å². The second-order valence-electron chi connectivity index (χ2n) is 5.55. The topological polar surface area (TPSA) is 79.5 Å². The maximum absolute atomic E-state index is 6.33. The molecule has 2 N–H and O–H groups in total. The zero-order valence-corrected chi connectivity index (χ0v) is 16.2. The van der Waals surface area contributed by atoms with Crippen LogP contribution in [0.5, 0.6) is 23.5 Å². The number of benzene rings is 2. The van der Waals surface area contributed by atoms with E-state index >= 15 is 0 Å². The number of para-hydroxylation sites is 1. The van der Waals surface area contributed by atoms with Crippen LogP contribution in [0.2, 0.25) is 10.0 Å². The van der Waals surface area contributed by atoms with Crippen LogP contribution in [0, 0.1) is 0 Å². The standard InChI is InChI=1S/C19H17Cl2N3O3/c1-25-16-10-17(26-2)24-19(23-16)27-15-6-4-3-5-11(15)9-12-14(22)8-7-13(20)18(12)21/h3-8,10H,9,22H2,1-2H3. The summed E-state index contributed by atoms with van der Waals surface area (Å²) < 4.78 is 16.2. The second kappa shape index (κ2) is 8.33. The molecule has 2 aromatic carbocycles. The van der Waals surface area contributed by atoms with Crippen molar-refractivity contribution in [3.63, 3.8) is 0 Å². The quantitative estimate of drug-likeness (QED) is 0.595. The number of nitrogens with two attached hydrogens (primary N) is 1. The Morgan fingerprint density at radius 1 is 0.963 bits per heavy atom. The van der Waals surface area contributed by atoms with Crippen molar-refractivity contribution in [1.29, 1.82) is 0 Å². The molecule has 1 aromatic heterocycles. The lowest BCUT2D eigenvalue weighted by Crippen LogP contribution is -2.01. The molecular weight excluding hydrogens is 389 g/mol. The molecule has 0 aliphatic carbocycles. The Morgan fingerprint density at radius 2 is 1.63 bits per heavy atom. The van der Waals surface area contributed by atoms with E-state index in [0.29, 0.717) is 39.7 Å². The van der Waals surface area contributed by atoms with Crippen molar-refractivity contribution in [3.05, 3.63) is 63.6 Å². The lowest BCUT2D eigenvalue weighted by atomic mass is 10.0. The highest BCUT2D eigenvalue weighted by Gasteiger charge is 2.14. The molecule has 0 amide bonds.